The van der Waals surface area contributed by atoms with Crippen LogP contribution >= 0.6 is 11.6 Å². The summed E-state index contributed by atoms with van der Waals surface area (Å²) in [5.74, 6) is -0.0844. The van der Waals surface area contributed by atoms with Crippen LogP contribution in [0.1, 0.15) is 33.2 Å². The van der Waals surface area contributed by atoms with Crippen molar-refractivity contribution in [1.82, 2.24) is 0 Å². The Morgan fingerprint density at radius 3 is 2.12 bits per heavy atom. The average molecular weight is 562 g/mol. The van der Waals surface area contributed by atoms with Crippen LogP contribution in [-0.4, -0.2) is 18.5 Å². The molecular weight excluding hydrogens is 534 g/mol. The Kier molecular flexibility index (Phi) is 8.77. The monoisotopic (exact) mass is 561 g/mol. The van der Waals surface area contributed by atoms with Crippen molar-refractivity contribution in [2.24, 2.45) is 0 Å². The van der Waals surface area contributed by atoms with Crippen molar-refractivity contribution in [1.29, 1.82) is 0 Å². The lowest BCUT2D eigenvalue weighted by Crippen LogP contribution is -2.13. The number of esters is 1. The topological polar surface area (TPSA) is 64.6 Å². The fourth-order valence-electron chi connectivity index (χ4n) is 4.52. The smallest absolute Gasteiger partial charge is 0.338 e. The second-order valence-corrected chi connectivity index (χ2v) is 9.74. The number of amides is 1. The number of anilines is 1. The third-order valence-corrected chi connectivity index (χ3v) is 6.68. The molecule has 0 radical (unpaired) electrons. The molecule has 0 aliphatic carbocycles. The van der Waals surface area contributed by atoms with E-state index >= 15 is 0 Å². The van der Waals surface area contributed by atoms with Crippen molar-refractivity contribution in [3.63, 3.8) is 0 Å². The summed E-state index contributed by atoms with van der Waals surface area (Å²) >= 11 is 6.46. The molecule has 41 heavy (non-hydrogen) atoms. The van der Waals surface area contributed by atoms with Crippen LogP contribution in [0.15, 0.2) is 121 Å². The van der Waals surface area contributed by atoms with Gasteiger partial charge in [-0.15, -0.1) is 0 Å². The van der Waals surface area contributed by atoms with Crippen LogP contribution in [0.25, 0.3) is 22.3 Å². The van der Waals surface area contributed by atoms with E-state index in [2.05, 4.69) is 5.32 Å². The van der Waals surface area contributed by atoms with Gasteiger partial charge in [-0.2, -0.15) is 0 Å². The maximum Gasteiger partial charge on any atom is 0.338 e. The number of ether oxygens (including phenoxy) is 2. The molecule has 0 atom stereocenters. The van der Waals surface area contributed by atoms with Crippen molar-refractivity contribution in [2.75, 3.05) is 11.9 Å². The molecule has 0 unspecified atom stereocenters. The van der Waals surface area contributed by atoms with Crippen molar-refractivity contribution in [3.8, 4) is 28.0 Å². The Morgan fingerprint density at radius 2 is 1.39 bits per heavy atom. The lowest BCUT2D eigenvalue weighted by atomic mass is 9.92. The molecular formula is C35H28ClNO4. The van der Waals surface area contributed by atoms with Gasteiger partial charge in [0.15, 0.2) is 0 Å². The van der Waals surface area contributed by atoms with E-state index < -0.39 is 5.97 Å². The number of rotatable bonds is 9. The van der Waals surface area contributed by atoms with Crippen LogP contribution in [-0.2, 0) is 11.3 Å². The zero-order valence-corrected chi connectivity index (χ0v) is 23.2. The summed E-state index contributed by atoms with van der Waals surface area (Å²) in [4.78, 5) is 25.8. The molecule has 5 rings (SSSR count). The van der Waals surface area contributed by atoms with Gasteiger partial charge in [0.2, 0.25) is 0 Å². The van der Waals surface area contributed by atoms with Gasteiger partial charge >= 0.3 is 5.97 Å². The summed E-state index contributed by atoms with van der Waals surface area (Å²) in [6.45, 7) is 2.38. The summed E-state index contributed by atoms with van der Waals surface area (Å²) in [6, 6.07) is 37.4. The first-order valence-corrected chi connectivity index (χ1v) is 13.6. The first kappa shape index (κ1) is 27.7. The van der Waals surface area contributed by atoms with Gasteiger partial charge in [0.05, 0.1) is 12.2 Å². The van der Waals surface area contributed by atoms with Crippen molar-refractivity contribution >= 4 is 29.2 Å². The van der Waals surface area contributed by atoms with E-state index in [-0.39, 0.29) is 12.5 Å². The third kappa shape index (κ3) is 6.83. The predicted octanol–water partition coefficient (Wildman–Crippen LogP) is 8.68. The highest BCUT2D eigenvalue weighted by Gasteiger charge is 2.17. The Morgan fingerprint density at radius 1 is 0.707 bits per heavy atom. The number of hydrogen-bond acceptors (Lipinski definition) is 4. The van der Waals surface area contributed by atoms with Gasteiger partial charge in [-0.1, -0.05) is 84.4 Å². The molecule has 0 saturated carbocycles. The van der Waals surface area contributed by atoms with Crippen LogP contribution in [0.5, 0.6) is 5.75 Å². The SMILES string of the molecule is CCOC(=O)c1cc(NC(=O)c2ccccc2)cc(-c2ccccc2-c2cc(Cl)ccc2OCc2ccccc2)c1. The molecule has 0 fully saturated rings. The fraction of sp³-hybridized carbons (Fsp3) is 0.0857. The number of halogens is 1. The van der Waals surface area contributed by atoms with Crippen molar-refractivity contribution in [3.05, 3.63) is 143 Å². The highest BCUT2D eigenvalue weighted by molar-refractivity contribution is 6.31. The molecule has 0 aromatic heterocycles. The van der Waals surface area contributed by atoms with Gasteiger partial charge < -0.3 is 14.8 Å². The molecule has 0 spiro atoms. The van der Waals surface area contributed by atoms with Gasteiger partial charge in [-0.05, 0) is 77.7 Å². The molecule has 6 heteroatoms. The summed E-state index contributed by atoms with van der Waals surface area (Å²) in [5, 5.41) is 3.50. The maximum absolute atomic E-state index is 13.0. The molecule has 204 valence electrons. The quantitative estimate of drug-likeness (QED) is 0.183. The molecule has 0 saturated heterocycles. The van der Waals surface area contributed by atoms with E-state index in [1.54, 1.807) is 49.4 Å². The van der Waals surface area contributed by atoms with Gasteiger partial charge in [0.1, 0.15) is 12.4 Å². The Bertz CT molecular complexity index is 1670. The predicted molar refractivity (Wildman–Crippen MR) is 163 cm³/mol. The summed E-state index contributed by atoms with van der Waals surface area (Å²) < 4.78 is 11.6. The lowest BCUT2D eigenvalue weighted by molar-refractivity contribution is 0.0526. The van der Waals surface area contributed by atoms with Crippen LogP contribution in [0.2, 0.25) is 5.02 Å². The van der Waals surface area contributed by atoms with E-state index in [1.165, 1.54) is 0 Å². The largest absolute Gasteiger partial charge is 0.488 e. The minimum Gasteiger partial charge on any atom is -0.488 e. The van der Waals surface area contributed by atoms with Gasteiger partial charge in [-0.25, -0.2) is 4.79 Å². The van der Waals surface area contributed by atoms with Crippen LogP contribution in [0.4, 0.5) is 5.69 Å². The highest BCUT2D eigenvalue weighted by atomic mass is 35.5. The molecule has 5 nitrogen and oxygen atoms in total. The third-order valence-electron chi connectivity index (χ3n) is 6.45. The Hall–Kier alpha value is -4.87. The summed E-state index contributed by atoms with van der Waals surface area (Å²) in [5.41, 5.74) is 5.58. The normalized spacial score (nSPS) is 10.6. The summed E-state index contributed by atoms with van der Waals surface area (Å²) in [7, 11) is 0. The second-order valence-electron chi connectivity index (χ2n) is 9.30. The standard InChI is InChI=1S/C35H28ClNO4/c1-2-40-35(39)27-19-26(20-29(21-27)37-34(38)25-13-7-4-8-14-25)30-15-9-10-16-31(30)32-22-28(36)17-18-33(32)41-23-24-11-5-3-6-12-24/h3-22H,2,23H2,1H3,(H,37,38). The first-order valence-electron chi connectivity index (χ1n) is 13.3. The maximum atomic E-state index is 13.0. The zero-order chi connectivity index (χ0) is 28.6. The fourth-order valence-corrected chi connectivity index (χ4v) is 4.70. The molecule has 0 bridgehead atoms. The highest BCUT2D eigenvalue weighted by Crippen LogP contribution is 2.40. The number of benzene rings is 5. The minimum absolute atomic E-state index is 0.232. The molecule has 0 aliphatic rings. The number of carbonyl (C=O) groups is 2. The van der Waals surface area contributed by atoms with Gasteiger partial charge in [0.25, 0.3) is 5.91 Å². The molecule has 1 N–H and O–H groups in total. The van der Waals surface area contributed by atoms with Crippen molar-refractivity contribution in [2.45, 2.75) is 13.5 Å². The molecule has 1 amide bonds. The molecule has 5 aromatic rings. The lowest BCUT2D eigenvalue weighted by Gasteiger charge is -2.17. The number of carbonyl (C=O) groups excluding carboxylic acids is 2. The summed E-state index contributed by atoms with van der Waals surface area (Å²) in [6.07, 6.45) is 0. The number of hydrogen-bond donors (Lipinski definition) is 1. The molecule has 5 aromatic carbocycles. The minimum atomic E-state index is -0.475. The van der Waals surface area contributed by atoms with E-state index in [0.29, 0.717) is 34.2 Å². The van der Waals surface area contributed by atoms with Gasteiger partial charge in [-0.3, -0.25) is 4.79 Å². The van der Waals surface area contributed by atoms with Gasteiger partial charge in [0, 0.05) is 21.8 Å². The average Bonchev–Trinajstić information content (AvgIpc) is 3.01. The van der Waals surface area contributed by atoms with Crippen LogP contribution in [0.3, 0.4) is 0 Å². The Balaban J connectivity index is 1.57. The van der Waals surface area contributed by atoms with E-state index in [9.17, 15) is 9.59 Å². The Labute approximate surface area is 244 Å². The van der Waals surface area contributed by atoms with Crippen LogP contribution < -0.4 is 10.1 Å². The first-order chi connectivity index (χ1) is 20.0. The molecule has 0 aliphatic heterocycles. The van der Waals surface area contributed by atoms with Crippen molar-refractivity contribution < 1.29 is 19.1 Å². The van der Waals surface area contributed by atoms with E-state index in [4.69, 9.17) is 21.1 Å². The second kappa shape index (κ2) is 13.0. The van der Waals surface area contributed by atoms with Crippen LogP contribution in [0, 0.1) is 0 Å². The zero-order valence-electron chi connectivity index (χ0n) is 22.5. The van der Waals surface area contributed by atoms with E-state index in [0.717, 1.165) is 27.8 Å². The molecule has 0 heterocycles. The number of nitrogens with one attached hydrogen (secondary N) is 1. The van der Waals surface area contributed by atoms with E-state index in [1.807, 2.05) is 78.9 Å².